The van der Waals surface area contributed by atoms with Crippen LogP contribution in [0.25, 0.3) is 10.9 Å². The van der Waals surface area contributed by atoms with Crippen LogP contribution in [0.15, 0.2) is 18.2 Å². The Kier molecular flexibility index (Phi) is 4.78. The minimum absolute atomic E-state index is 0.200. The highest BCUT2D eigenvalue weighted by molar-refractivity contribution is 14.1. The molecule has 92 valence electrons. The number of benzene rings is 1. The van der Waals surface area contributed by atoms with Crippen molar-refractivity contribution in [3.8, 4) is 0 Å². The van der Waals surface area contributed by atoms with Gasteiger partial charge in [0.2, 0.25) is 0 Å². The van der Waals surface area contributed by atoms with Crippen molar-refractivity contribution >= 4 is 49.4 Å². The summed E-state index contributed by atoms with van der Waals surface area (Å²) in [5, 5.41) is 6.41. The summed E-state index contributed by atoms with van der Waals surface area (Å²) in [7, 11) is 0. The SMILES string of the molecule is Fc1ccc2c(c1)c(I)nn2CCCCCBr. The molecule has 0 amide bonds. The molecule has 1 heterocycles. The van der Waals surface area contributed by atoms with Crippen LogP contribution < -0.4 is 0 Å². The van der Waals surface area contributed by atoms with Gasteiger partial charge in [0.15, 0.2) is 0 Å². The Labute approximate surface area is 122 Å². The summed E-state index contributed by atoms with van der Waals surface area (Å²) in [4.78, 5) is 0. The fourth-order valence-corrected chi connectivity index (χ4v) is 2.90. The van der Waals surface area contributed by atoms with Crippen molar-refractivity contribution in [3.05, 3.63) is 27.7 Å². The lowest BCUT2D eigenvalue weighted by atomic mass is 10.2. The molecule has 1 aromatic carbocycles. The number of aromatic nitrogens is 2. The highest BCUT2D eigenvalue weighted by atomic mass is 127. The number of nitrogens with zero attached hydrogens (tertiary/aromatic N) is 2. The van der Waals surface area contributed by atoms with E-state index in [9.17, 15) is 4.39 Å². The fraction of sp³-hybridized carbons (Fsp3) is 0.417. The second-order valence-electron chi connectivity index (χ2n) is 3.93. The highest BCUT2D eigenvalue weighted by Crippen LogP contribution is 2.21. The smallest absolute Gasteiger partial charge is 0.131 e. The van der Waals surface area contributed by atoms with Gasteiger partial charge in [-0.25, -0.2) is 4.39 Å². The third-order valence-electron chi connectivity index (χ3n) is 2.67. The van der Waals surface area contributed by atoms with E-state index in [1.54, 1.807) is 6.07 Å². The van der Waals surface area contributed by atoms with Gasteiger partial charge in [-0.1, -0.05) is 22.4 Å². The molecule has 2 rings (SSSR count). The van der Waals surface area contributed by atoms with Crippen molar-refractivity contribution in [1.29, 1.82) is 0 Å². The van der Waals surface area contributed by atoms with Gasteiger partial charge >= 0.3 is 0 Å². The molecule has 0 radical (unpaired) electrons. The summed E-state index contributed by atoms with van der Waals surface area (Å²) in [6, 6.07) is 4.86. The second-order valence-corrected chi connectivity index (χ2v) is 5.74. The minimum atomic E-state index is -0.200. The molecule has 0 saturated carbocycles. The molecule has 0 atom stereocenters. The van der Waals surface area contributed by atoms with Crippen LogP contribution in [0.2, 0.25) is 0 Å². The Morgan fingerprint density at radius 2 is 2.12 bits per heavy atom. The topological polar surface area (TPSA) is 17.8 Å². The Bertz CT molecular complexity index is 512. The molecule has 0 N–H and O–H groups in total. The molecular formula is C12H13BrFIN2. The Morgan fingerprint density at radius 3 is 2.88 bits per heavy atom. The van der Waals surface area contributed by atoms with Gasteiger partial charge in [0, 0.05) is 17.3 Å². The van der Waals surface area contributed by atoms with E-state index in [2.05, 4.69) is 43.6 Å². The summed E-state index contributed by atoms with van der Waals surface area (Å²) in [6.45, 7) is 0.901. The average molecular weight is 411 g/mol. The van der Waals surface area contributed by atoms with Gasteiger partial charge in [0.25, 0.3) is 0 Å². The van der Waals surface area contributed by atoms with Gasteiger partial charge in [-0.05, 0) is 53.6 Å². The number of rotatable bonds is 5. The van der Waals surface area contributed by atoms with E-state index < -0.39 is 0 Å². The molecule has 1 aromatic heterocycles. The summed E-state index contributed by atoms with van der Waals surface area (Å²) >= 11 is 5.58. The molecule has 2 nitrogen and oxygen atoms in total. The molecule has 0 unspecified atom stereocenters. The summed E-state index contributed by atoms with van der Waals surface area (Å²) in [5.41, 5.74) is 1.02. The number of hydrogen-bond donors (Lipinski definition) is 0. The third-order valence-corrected chi connectivity index (χ3v) is 4.03. The molecule has 0 aliphatic carbocycles. The maximum Gasteiger partial charge on any atom is 0.131 e. The van der Waals surface area contributed by atoms with Crippen molar-refractivity contribution in [2.75, 3.05) is 5.33 Å². The van der Waals surface area contributed by atoms with Gasteiger partial charge in [0.05, 0.1) is 5.52 Å². The zero-order valence-electron chi connectivity index (χ0n) is 9.30. The molecule has 17 heavy (non-hydrogen) atoms. The third kappa shape index (κ3) is 3.19. The first kappa shape index (κ1) is 13.3. The van der Waals surface area contributed by atoms with Crippen LogP contribution in [0.5, 0.6) is 0 Å². The van der Waals surface area contributed by atoms with Gasteiger partial charge in [-0.15, -0.1) is 0 Å². The molecule has 0 aliphatic heterocycles. The lowest BCUT2D eigenvalue weighted by Gasteiger charge is -2.02. The Balaban J connectivity index is 2.17. The fourth-order valence-electron chi connectivity index (χ4n) is 1.82. The van der Waals surface area contributed by atoms with E-state index in [4.69, 9.17) is 0 Å². The number of aryl methyl sites for hydroxylation is 1. The zero-order valence-corrected chi connectivity index (χ0v) is 13.0. The van der Waals surface area contributed by atoms with Crippen LogP contribution in [0, 0.1) is 9.52 Å². The lowest BCUT2D eigenvalue weighted by molar-refractivity contribution is 0.566. The van der Waals surface area contributed by atoms with Gasteiger partial charge < -0.3 is 0 Å². The molecular weight excluding hydrogens is 398 g/mol. The van der Waals surface area contributed by atoms with E-state index >= 15 is 0 Å². The molecule has 0 aliphatic rings. The molecule has 0 spiro atoms. The van der Waals surface area contributed by atoms with Crippen LogP contribution in [-0.4, -0.2) is 15.1 Å². The van der Waals surface area contributed by atoms with Crippen molar-refractivity contribution in [3.63, 3.8) is 0 Å². The molecule has 2 aromatic rings. The van der Waals surface area contributed by atoms with Crippen molar-refractivity contribution < 1.29 is 4.39 Å². The van der Waals surface area contributed by atoms with Crippen molar-refractivity contribution in [2.45, 2.75) is 25.8 Å². The zero-order chi connectivity index (χ0) is 12.3. The van der Waals surface area contributed by atoms with Gasteiger partial charge in [-0.2, -0.15) is 5.10 Å². The maximum absolute atomic E-state index is 13.1. The first-order chi connectivity index (χ1) is 8.22. The van der Waals surface area contributed by atoms with Crippen molar-refractivity contribution in [2.24, 2.45) is 0 Å². The van der Waals surface area contributed by atoms with E-state index in [1.165, 1.54) is 18.9 Å². The van der Waals surface area contributed by atoms with Crippen LogP contribution in [-0.2, 0) is 6.54 Å². The van der Waals surface area contributed by atoms with Crippen LogP contribution in [0.1, 0.15) is 19.3 Å². The number of unbranched alkanes of at least 4 members (excludes halogenated alkanes) is 2. The Hall–Kier alpha value is -0.170. The lowest BCUT2D eigenvalue weighted by Crippen LogP contribution is -2.00. The minimum Gasteiger partial charge on any atom is -0.264 e. The summed E-state index contributed by atoms with van der Waals surface area (Å²) < 4.78 is 16.0. The predicted molar refractivity (Wildman–Crippen MR) is 80.1 cm³/mol. The van der Waals surface area contributed by atoms with E-state index in [0.29, 0.717) is 0 Å². The monoisotopic (exact) mass is 410 g/mol. The van der Waals surface area contributed by atoms with Crippen LogP contribution >= 0.6 is 38.5 Å². The normalized spacial score (nSPS) is 11.2. The molecule has 0 fully saturated rings. The van der Waals surface area contributed by atoms with Crippen LogP contribution in [0.4, 0.5) is 4.39 Å². The van der Waals surface area contributed by atoms with Crippen LogP contribution in [0.3, 0.4) is 0 Å². The first-order valence-corrected chi connectivity index (χ1v) is 7.80. The highest BCUT2D eigenvalue weighted by Gasteiger charge is 2.08. The van der Waals surface area contributed by atoms with E-state index in [0.717, 1.165) is 32.9 Å². The van der Waals surface area contributed by atoms with Crippen molar-refractivity contribution in [1.82, 2.24) is 9.78 Å². The van der Waals surface area contributed by atoms with Gasteiger partial charge in [0.1, 0.15) is 9.52 Å². The van der Waals surface area contributed by atoms with Gasteiger partial charge in [-0.3, -0.25) is 4.68 Å². The summed E-state index contributed by atoms with van der Waals surface area (Å²) in [5.74, 6) is -0.200. The van der Waals surface area contributed by atoms with E-state index in [-0.39, 0.29) is 5.82 Å². The molecule has 0 bridgehead atoms. The number of fused-ring (bicyclic) bond motifs is 1. The quantitative estimate of drug-likeness (QED) is 0.407. The standard InChI is InChI=1S/C12H13BrFIN2/c13-6-2-1-3-7-17-11-5-4-9(14)8-10(11)12(15)16-17/h4-5,8H,1-3,6-7H2. The number of alkyl halides is 1. The van der Waals surface area contributed by atoms with E-state index in [1.807, 2.05) is 10.7 Å². The predicted octanol–water partition coefficient (Wildman–Crippen LogP) is 4.35. The Morgan fingerprint density at radius 1 is 1.29 bits per heavy atom. The molecule has 5 heteroatoms. The first-order valence-electron chi connectivity index (χ1n) is 5.60. The second kappa shape index (κ2) is 6.13. The largest absolute Gasteiger partial charge is 0.264 e. The molecule has 0 saturated heterocycles. The number of hydrogen-bond acceptors (Lipinski definition) is 1. The average Bonchev–Trinajstić information content (AvgIpc) is 2.62. The number of halogens is 3. The summed E-state index contributed by atoms with van der Waals surface area (Å²) in [6.07, 6.45) is 3.48. The maximum atomic E-state index is 13.1.